The quantitative estimate of drug-likeness (QED) is 0.0262. The van der Waals surface area contributed by atoms with E-state index in [9.17, 15) is 14.4 Å². The number of carbonyl (C=O) groups is 3. The van der Waals surface area contributed by atoms with Crippen molar-refractivity contribution in [3.05, 3.63) is 122 Å². The van der Waals surface area contributed by atoms with Crippen molar-refractivity contribution < 1.29 is 28.6 Å². The van der Waals surface area contributed by atoms with Gasteiger partial charge in [0.25, 0.3) is 0 Å². The van der Waals surface area contributed by atoms with Gasteiger partial charge in [-0.1, -0.05) is 213 Å². The standard InChI is InChI=1S/C62H100O6/c1-4-7-10-13-16-19-22-23-24-25-26-27-28-29-30-31-32-33-34-35-36-37-38-39-41-43-46-49-52-55-61(64)67-58-59(57-66-60(63)54-51-48-45-42-21-18-15-12-9-6-3)68-62(65)56-53-50-47-44-40-20-17-14-11-8-5-2/h7,10,12,14-17,19,23-24,26-27,29-30,32-33,35-36,38-39,59H,4-6,8-9,11,13,18,20-22,25,28,31,34,37,40-58H2,1-3H3/b10-7-,15-12-,17-14-,19-16-,24-23-,27-26-,30-29-,33-32-,36-35-,39-38-. The van der Waals surface area contributed by atoms with E-state index >= 15 is 0 Å². The van der Waals surface area contributed by atoms with Gasteiger partial charge in [0.05, 0.1) is 0 Å². The van der Waals surface area contributed by atoms with E-state index in [2.05, 4.69) is 142 Å². The smallest absolute Gasteiger partial charge is 0.306 e. The third-order valence-corrected chi connectivity index (χ3v) is 11.2. The minimum absolute atomic E-state index is 0.0967. The van der Waals surface area contributed by atoms with Gasteiger partial charge in [0.1, 0.15) is 13.2 Å². The summed E-state index contributed by atoms with van der Waals surface area (Å²) >= 11 is 0. The number of allylic oxidation sites excluding steroid dienone is 20. The fourth-order valence-electron chi connectivity index (χ4n) is 7.03. The molecular formula is C62H100O6. The first kappa shape index (κ1) is 63.8. The van der Waals surface area contributed by atoms with Crippen molar-refractivity contribution in [2.24, 2.45) is 0 Å². The van der Waals surface area contributed by atoms with Gasteiger partial charge in [-0.25, -0.2) is 0 Å². The average molecular weight is 941 g/mol. The topological polar surface area (TPSA) is 78.9 Å². The van der Waals surface area contributed by atoms with Gasteiger partial charge >= 0.3 is 17.9 Å². The van der Waals surface area contributed by atoms with E-state index in [1.165, 1.54) is 38.5 Å². The van der Waals surface area contributed by atoms with Crippen LogP contribution in [0.2, 0.25) is 0 Å². The van der Waals surface area contributed by atoms with E-state index in [1.807, 2.05) is 0 Å². The average Bonchev–Trinajstić information content (AvgIpc) is 3.34. The molecule has 6 heteroatoms. The van der Waals surface area contributed by atoms with E-state index in [1.54, 1.807) is 0 Å². The highest BCUT2D eigenvalue weighted by atomic mass is 16.6. The molecule has 1 atom stereocenters. The van der Waals surface area contributed by atoms with Gasteiger partial charge in [-0.3, -0.25) is 14.4 Å². The molecule has 0 aromatic rings. The maximum absolute atomic E-state index is 12.8. The molecule has 0 saturated heterocycles. The summed E-state index contributed by atoms with van der Waals surface area (Å²) in [4.78, 5) is 37.9. The van der Waals surface area contributed by atoms with Gasteiger partial charge in [-0.15, -0.1) is 0 Å². The summed E-state index contributed by atoms with van der Waals surface area (Å²) in [6, 6.07) is 0. The molecule has 0 radical (unpaired) electrons. The minimum Gasteiger partial charge on any atom is -0.462 e. The Balaban J connectivity index is 4.29. The van der Waals surface area contributed by atoms with Crippen LogP contribution in [0.4, 0.5) is 0 Å². The zero-order valence-electron chi connectivity index (χ0n) is 43.8. The lowest BCUT2D eigenvalue weighted by atomic mass is 10.1. The summed E-state index contributed by atoms with van der Waals surface area (Å²) in [6.45, 7) is 6.37. The third kappa shape index (κ3) is 52.8. The Labute approximate surface area is 418 Å². The Kier molecular flexibility index (Phi) is 52.0. The third-order valence-electron chi connectivity index (χ3n) is 11.2. The number of hydrogen-bond donors (Lipinski definition) is 0. The van der Waals surface area contributed by atoms with E-state index < -0.39 is 6.10 Å². The molecule has 6 nitrogen and oxygen atoms in total. The summed E-state index contributed by atoms with van der Waals surface area (Å²) in [5.41, 5.74) is 0. The molecule has 0 heterocycles. The molecule has 0 saturated carbocycles. The molecule has 0 rings (SSSR count). The number of ether oxygens (including phenoxy) is 3. The highest BCUT2D eigenvalue weighted by molar-refractivity contribution is 5.71. The predicted molar refractivity (Wildman–Crippen MR) is 293 cm³/mol. The maximum Gasteiger partial charge on any atom is 0.306 e. The minimum atomic E-state index is -0.797. The molecule has 1 unspecified atom stereocenters. The number of unbranched alkanes of at least 4 members (excludes halogenated alkanes) is 17. The first-order valence-electron chi connectivity index (χ1n) is 27.5. The van der Waals surface area contributed by atoms with Crippen LogP contribution >= 0.6 is 0 Å². The summed E-state index contributed by atoms with van der Waals surface area (Å²) in [6.07, 6.45) is 76.3. The van der Waals surface area contributed by atoms with Crippen molar-refractivity contribution in [1.29, 1.82) is 0 Å². The molecule has 0 aliphatic rings. The first-order valence-corrected chi connectivity index (χ1v) is 27.5. The summed E-state index contributed by atoms with van der Waals surface area (Å²) in [5, 5.41) is 0. The SMILES string of the molecule is CC/C=C\C/C=C\C/C=C\C/C=C\C/C=C\C/C=C\C/C=C\C/C=C\CCCCCCC(=O)OCC(COC(=O)CCCCCCC/C=C\CCC)OC(=O)CCCCCCC/C=C\CCCC. The fourth-order valence-corrected chi connectivity index (χ4v) is 7.03. The van der Waals surface area contributed by atoms with Crippen LogP contribution in [0.15, 0.2) is 122 Å². The van der Waals surface area contributed by atoms with Gasteiger partial charge in [0.2, 0.25) is 0 Å². The second-order valence-corrected chi connectivity index (χ2v) is 17.7. The normalized spacial score (nSPS) is 13.0. The molecule has 0 aromatic heterocycles. The lowest BCUT2D eigenvalue weighted by molar-refractivity contribution is -0.167. The van der Waals surface area contributed by atoms with E-state index in [0.29, 0.717) is 19.3 Å². The van der Waals surface area contributed by atoms with Crippen LogP contribution in [-0.2, 0) is 28.6 Å². The molecule has 0 fully saturated rings. The Hall–Kier alpha value is -4.19. The van der Waals surface area contributed by atoms with Gasteiger partial charge in [-0.2, -0.15) is 0 Å². The van der Waals surface area contributed by atoms with Crippen LogP contribution in [-0.4, -0.2) is 37.2 Å². The number of esters is 3. The summed E-state index contributed by atoms with van der Waals surface area (Å²) in [5.74, 6) is -0.950. The van der Waals surface area contributed by atoms with Crippen molar-refractivity contribution >= 4 is 17.9 Å². The largest absolute Gasteiger partial charge is 0.462 e. The Morgan fingerprint density at radius 2 is 0.603 bits per heavy atom. The number of rotatable bonds is 48. The molecule has 0 bridgehead atoms. The zero-order chi connectivity index (χ0) is 49.3. The number of carbonyl (C=O) groups excluding carboxylic acids is 3. The molecule has 0 N–H and O–H groups in total. The Bertz CT molecular complexity index is 1450. The van der Waals surface area contributed by atoms with Crippen molar-refractivity contribution in [1.82, 2.24) is 0 Å². The summed E-state index contributed by atoms with van der Waals surface area (Å²) in [7, 11) is 0. The zero-order valence-corrected chi connectivity index (χ0v) is 43.8. The van der Waals surface area contributed by atoms with Crippen LogP contribution < -0.4 is 0 Å². The monoisotopic (exact) mass is 941 g/mol. The second-order valence-electron chi connectivity index (χ2n) is 17.7. The highest BCUT2D eigenvalue weighted by Crippen LogP contribution is 2.13. The molecule has 0 aliphatic heterocycles. The van der Waals surface area contributed by atoms with Crippen molar-refractivity contribution in [2.45, 2.75) is 239 Å². The maximum atomic E-state index is 12.8. The number of hydrogen-bond acceptors (Lipinski definition) is 6. The molecule has 0 aromatic carbocycles. The first-order chi connectivity index (χ1) is 33.5. The Morgan fingerprint density at radius 3 is 0.971 bits per heavy atom. The van der Waals surface area contributed by atoms with Gasteiger partial charge < -0.3 is 14.2 Å². The Morgan fingerprint density at radius 1 is 0.309 bits per heavy atom. The molecular weight excluding hydrogens is 841 g/mol. The van der Waals surface area contributed by atoms with Crippen molar-refractivity contribution in [3.63, 3.8) is 0 Å². The van der Waals surface area contributed by atoms with Crippen LogP contribution in [0.3, 0.4) is 0 Å². The van der Waals surface area contributed by atoms with E-state index in [0.717, 1.165) is 154 Å². The van der Waals surface area contributed by atoms with E-state index in [-0.39, 0.29) is 31.1 Å². The van der Waals surface area contributed by atoms with Gasteiger partial charge in [-0.05, 0) is 122 Å². The van der Waals surface area contributed by atoms with Gasteiger partial charge in [0, 0.05) is 19.3 Å². The van der Waals surface area contributed by atoms with Crippen molar-refractivity contribution in [3.8, 4) is 0 Å². The second kappa shape index (κ2) is 55.4. The highest BCUT2D eigenvalue weighted by Gasteiger charge is 2.19. The van der Waals surface area contributed by atoms with Crippen LogP contribution in [0.1, 0.15) is 233 Å². The molecule has 68 heavy (non-hydrogen) atoms. The lowest BCUT2D eigenvalue weighted by Gasteiger charge is -2.18. The van der Waals surface area contributed by atoms with Crippen molar-refractivity contribution in [2.75, 3.05) is 13.2 Å². The van der Waals surface area contributed by atoms with Crippen LogP contribution in [0.25, 0.3) is 0 Å². The molecule has 0 amide bonds. The van der Waals surface area contributed by atoms with Crippen LogP contribution in [0, 0.1) is 0 Å². The summed E-state index contributed by atoms with van der Waals surface area (Å²) < 4.78 is 16.7. The fraction of sp³-hybridized carbons (Fsp3) is 0.629. The van der Waals surface area contributed by atoms with E-state index in [4.69, 9.17) is 14.2 Å². The van der Waals surface area contributed by atoms with Gasteiger partial charge in [0.15, 0.2) is 6.10 Å². The van der Waals surface area contributed by atoms with Crippen LogP contribution in [0.5, 0.6) is 0 Å². The predicted octanol–water partition coefficient (Wildman–Crippen LogP) is 18.5. The molecule has 0 aliphatic carbocycles. The molecule has 384 valence electrons. The lowest BCUT2D eigenvalue weighted by Crippen LogP contribution is -2.30. The molecule has 0 spiro atoms.